The highest BCUT2D eigenvalue weighted by Crippen LogP contribution is 2.35. The van der Waals surface area contributed by atoms with Gasteiger partial charge in [0.1, 0.15) is 11.1 Å². The van der Waals surface area contributed by atoms with Crippen LogP contribution in [0.2, 0.25) is 0 Å². The van der Waals surface area contributed by atoms with Crippen molar-refractivity contribution in [1.82, 2.24) is 0 Å². The molecule has 0 saturated heterocycles. The molecule has 1 unspecified atom stereocenters. The van der Waals surface area contributed by atoms with Crippen molar-refractivity contribution in [2.45, 2.75) is 18.7 Å². The predicted octanol–water partition coefficient (Wildman–Crippen LogP) is 4.99. The third-order valence-corrected chi connectivity index (χ3v) is 4.42. The summed E-state index contributed by atoms with van der Waals surface area (Å²) in [7, 11) is 0. The summed E-state index contributed by atoms with van der Waals surface area (Å²) in [6, 6.07) is 7.94. The molecular weight excluding hydrogens is 296 g/mol. The van der Waals surface area contributed by atoms with Gasteiger partial charge in [-0.25, -0.2) is 0 Å². The lowest BCUT2D eigenvalue weighted by molar-refractivity contribution is 0.495. The van der Waals surface area contributed by atoms with Crippen LogP contribution in [-0.2, 0) is 6.42 Å². The highest BCUT2D eigenvalue weighted by molar-refractivity contribution is 9.10. The summed E-state index contributed by atoms with van der Waals surface area (Å²) in [6.45, 7) is 2.14. The van der Waals surface area contributed by atoms with Crippen molar-refractivity contribution in [3.63, 3.8) is 0 Å². The number of hydrogen-bond acceptors (Lipinski definition) is 2. The molecule has 0 fully saturated rings. The van der Waals surface area contributed by atoms with Crippen LogP contribution in [0.25, 0.3) is 0 Å². The SMILES string of the molecule is CCc1ccc(C(Cl)c2ccc(Br)o2)s1. The van der Waals surface area contributed by atoms with E-state index in [1.165, 1.54) is 4.88 Å². The lowest BCUT2D eigenvalue weighted by atomic mass is 10.2. The molecule has 2 rings (SSSR count). The first-order chi connectivity index (χ1) is 7.20. The lowest BCUT2D eigenvalue weighted by Crippen LogP contribution is -1.85. The average molecular weight is 306 g/mol. The number of alkyl halides is 1. The first kappa shape index (κ1) is 11.2. The Labute approximate surface area is 106 Å². The molecule has 1 nitrogen and oxygen atoms in total. The van der Waals surface area contributed by atoms with E-state index in [-0.39, 0.29) is 5.38 Å². The summed E-state index contributed by atoms with van der Waals surface area (Å²) in [6.07, 6.45) is 1.05. The number of halogens is 2. The van der Waals surface area contributed by atoms with Gasteiger partial charge in [0.05, 0.1) is 0 Å². The fourth-order valence-electron chi connectivity index (χ4n) is 1.33. The molecule has 0 aromatic carbocycles. The van der Waals surface area contributed by atoms with Gasteiger partial charge in [-0.1, -0.05) is 6.92 Å². The number of rotatable bonds is 3. The Kier molecular flexibility index (Phi) is 3.54. The van der Waals surface area contributed by atoms with Gasteiger partial charge >= 0.3 is 0 Å². The average Bonchev–Trinajstić information content (AvgIpc) is 2.84. The fraction of sp³-hybridized carbons (Fsp3) is 0.273. The Bertz CT molecular complexity index is 449. The maximum atomic E-state index is 6.31. The van der Waals surface area contributed by atoms with Gasteiger partial charge in [0.15, 0.2) is 4.67 Å². The van der Waals surface area contributed by atoms with Crippen LogP contribution < -0.4 is 0 Å². The minimum atomic E-state index is -0.179. The molecule has 0 spiro atoms. The minimum Gasteiger partial charge on any atom is -0.452 e. The topological polar surface area (TPSA) is 13.1 Å². The van der Waals surface area contributed by atoms with Crippen molar-refractivity contribution in [1.29, 1.82) is 0 Å². The highest BCUT2D eigenvalue weighted by atomic mass is 79.9. The van der Waals surface area contributed by atoms with Crippen LogP contribution in [-0.4, -0.2) is 0 Å². The van der Waals surface area contributed by atoms with E-state index in [0.29, 0.717) is 0 Å². The molecule has 0 aliphatic carbocycles. The smallest absolute Gasteiger partial charge is 0.169 e. The van der Waals surface area contributed by atoms with E-state index in [2.05, 4.69) is 35.0 Å². The quantitative estimate of drug-likeness (QED) is 0.728. The Morgan fingerprint density at radius 1 is 1.40 bits per heavy atom. The standard InChI is InChI=1S/C11H10BrClOS/c1-2-7-3-5-9(15-7)11(13)8-4-6-10(12)14-8/h3-6,11H,2H2,1H3. The Balaban J connectivity index is 2.23. The Morgan fingerprint density at radius 2 is 2.20 bits per heavy atom. The van der Waals surface area contributed by atoms with Crippen LogP contribution >= 0.6 is 38.9 Å². The number of aryl methyl sites for hydroxylation is 1. The van der Waals surface area contributed by atoms with Gasteiger partial charge in [-0.3, -0.25) is 0 Å². The van der Waals surface area contributed by atoms with E-state index < -0.39 is 0 Å². The van der Waals surface area contributed by atoms with E-state index in [1.807, 2.05) is 12.1 Å². The summed E-state index contributed by atoms with van der Waals surface area (Å²) in [4.78, 5) is 2.48. The molecule has 80 valence electrons. The van der Waals surface area contributed by atoms with Gasteiger partial charge in [0.25, 0.3) is 0 Å². The maximum absolute atomic E-state index is 6.31. The van der Waals surface area contributed by atoms with Gasteiger partial charge in [-0.15, -0.1) is 22.9 Å². The second kappa shape index (κ2) is 4.73. The molecule has 1 atom stereocenters. The van der Waals surface area contributed by atoms with Gasteiger partial charge in [-0.05, 0) is 46.6 Å². The maximum Gasteiger partial charge on any atom is 0.169 e. The third-order valence-electron chi connectivity index (χ3n) is 2.12. The largest absolute Gasteiger partial charge is 0.452 e. The molecule has 0 radical (unpaired) electrons. The molecule has 15 heavy (non-hydrogen) atoms. The Morgan fingerprint density at radius 3 is 2.73 bits per heavy atom. The monoisotopic (exact) mass is 304 g/mol. The van der Waals surface area contributed by atoms with Crippen LogP contribution in [0, 0.1) is 0 Å². The summed E-state index contributed by atoms with van der Waals surface area (Å²) in [5.74, 6) is 0.785. The van der Waals surface area contributed by atoms with Crippen molar-refractivity contribution in [3.05, 3.63) is 44.4 Å². The summed E-state index contributed by atoms with van der Waals surface area (Å²) < 4.78 is 6.15. The molecule has 4 heteroatoms. The zero-order valence-electron chi connectivity index (χ0n) is 8.17. The second-order valence-corrected chi connectivity index (χ2v) is 5.58. The number of furan rings is 1. The summed E-state index contributed by atoms with van der Waals surface area (Å²) in [5.41, 5.74) is 0. The van der Waals surface area contributed by atoms with Gasteiger partial charge < -0.3 is 4.42 Å². The van der Waals surface area contributed by atoms with Crippen molar-refractivity contribution >= 4 is 38.9 Å². The molecule has 2 aromatic rings. The Hall–Kier alpha value is -0.250. The fourth-order valence-corrected chi connectivity index (χ4v) is 2.91. The molecule has 0 aliphatic heterocycles. The van der Waals surface area contributed by atoms with E-state index in [9.17, 15) is 0 Å². The number of hydrogen-bond donors (Lipinski definition) is 0. The van der Waals surface area contributed by atoms with Crippen LogP contribution in [0.3, 0.4) is 0 Å². The van der Waals surface area contributed by atoms with Crippen molar-refractivity contribution in [3.8, 4) is 0 Å². The van der Waals surface area contributed by atoms with Crippen LogP contribution in [0.4, 0.5) is 0 Å². The molecule has 0 saturated carbocycles. The van der Waals surface area contributed by atoms with E-state index >= 15 is 0 Å². The highest BCUT2D eigenvalue weighted by Gasteiger charge is 2.16. The first-order valence-electron chi connectivity index (χ1n) is 4.68. The van der Waals surface area contributed by atoms with Crippen LogP contribution in [0.1, 0.15) is 27.8 Å². The zero-order chi connectivity index (χ0) is 10.8. The van der Waals surface area contributed by atoms with Crippen molar-refractivity contribution in [2.75, 3.05) is 0 Å². The van der Waals surface area contributed by atoms with Crippen molar-refractivity contribution < 1.29 is 4.42 Å². The van der Waals surface area contributed by atoms with Gasteiger partial charge in [0, 0.05) is 9.75 Å². The lowest BCUT2D eigenvalue weighted by Gasteiger charge is -2.02. The van der Waals surface area contributed by atoms with Crippen molar-refractivity contribution in [2.24, 2.45) is 0 Å². The molecule has 0 bridgehead atoms. The summed E-state index contributed by atoms with van der Waals surface area (Å²) >= 11 is 11.3. The molecule has 0 aliphatic rings. The third kappa shape index (κ3) is 2.47. The first-order valence-corrected chi connectivity index (χ1v) is 6.73. The van der Waals surface area contributed by atoms with Crippen LogP contribution in [0.5, 0.6) is 0 Å². The minimum absolute atomic E-state index is 0.179. The number of thiophene rings is 1. The van der Waals surface area contributed by atoms with E-state index in [1.54, 1.807) is 11.3 Å². The van der Waals surface area contributed by atoms with Gasteiger partial charge in [0.2, 0.25) is 0 Å². The zero-order valence-corrected chi connectivity index (χ0v) is 11.3. The normalized spacial score (nSPS) is 13.0. The molecule has 0 N–H and O–H groups in total. The second-order valence-electron chi connectivity index (χ2n) is 3.16. The molecule has 0 amide bonds. The van der Waals surface area contributed by atoms with E-state index in [4.69, 9.17) is 16.0 Å². The van der Waals surface area contributed by atoms with E-state index in [0.717, 1.165) is 21.7 Å². The molecule has 2 heterocycles. The van der Waals surface area contributed by atoms with Crippen LogP contribution in [0.15, 0.2) is 33.4 Å². The van der Waals surface area contributed by atoms with Gasteiger partial charge in [-0.2, -0.15) is 0 Å². The predicted molar refractivity (Wildman–Crippen MR) is 67.8 cm³/mol. The molecular formula is C11H10BrClOS. The summed E-state index contributed by atoms with van der Waals surface area (Å²) in [5, 5.41) is -0.179. The molecule has 2 aromatic heterocycles.